The number of pyridine rings is 1. The lowest BCUT2D eigenvalue weighted by Gasteiger charge is -2.37. The van der Waals surface area contributed by atoms with E-state index in [-0.39, 0.29) is 24.7 Å². The van der Waals surface area contributed by atoms with E-state index in [4.69, 9.17) is 16.3 Å². The summed E-state index contributed by atoms with van der Waals surface area (Å²) >= 11 is 6.27. The molecule has 1 amide bonds. The number of halogens is 2. The van der Waals surface area contributed by atoms with Crippen molar-refractivity contribution in [2.75, 3.05) is 36.0 Å². The molecule has 3 saturated heterocycles. The molecule has 4 atom stereocenters. The number of fused-ring (bicyclic) bond motifs is 2. The van der Waals surface area contributed by atoms with Crippen LogP contribution in [-0.4, -0.2) is 77.2 Å². The number of carbonyl (C=O) groups is 1. The van der Waals surface area contributed by atoms with Crippen LogP contribution in [0.3, 0.4) is 0 Å². The molecule has 0 radical (unpaired) electrons. The minimum absolute atomic E-state index is 0.102. The van der Waals surface area contributed by atoms with Crippen molar-refractivity contribution in [3.63, 3.8) is 0 Å². The first-order valence-electron chi connectivity index (χ1n) is 10.1. The van der Waals surface area contributed by atoms with Crippen LogP contribution in [0.2, 0.25) is 5.15 Å². The van der Waals surface area contributed by atoms with Gasteiger partial charge in [0.25, 0.3) is 0 Å². The van der Waals surface area contributed by atoms with Gasteiger partial charge in [0.05, 0.1) is 18.7 Å². The minimum Gasteiger partial charge on any atom is -0.444 e. The molecular weight excluding hydrogens is 399 g/mol. The number of rotatable bonds is 2. The molecule has 0 spiro atoms. The largest absolute Gasteiger partial charge is 0.444 e. The van der Waals surface area contributed by atoms with E-state index >= 15 is 0 Å². The maximum absolute atomic E-state index is 14.0. The van der Waals surface area contributed by atoms with Gasteiger partial charge in [0.15, 0.2) is 0 Å². The Hall–Kier alpha value is -1.80. The van der Waals surface area contributed by atoms with Crippen LogP contribution in [-0.2, 0) is 4.74 Å². The molecule has 1 aromatic heterocycles. The van der Waals surface area contributed by atoms with E-state index in [2.05, 4.69) is 9.88 Å². The van der Waals surface area contributed by atoms with Gasteiger partial charge in [-0.3, -0.25) is 0 Å². The number of amides is 1. The van der Waals surface area contributed by atoms with E-state index in [0.29, 0.717) is 37.0 Å². The first-order valence-corrected chi connectivity index (χ1v) is 10.5. The smallest absolute Gasteiger partial charge is 0.410 e. The molecule has 160 valence electrons. The molecule has 3 aliphatic rings. The Kier molecular flexibility index (Phi) is 5.27. The second kappa shape index (κ2) is 7.47. The van der Waals surface area contributed by atoms with Crippen LogP contribution in [0.1, 0.15) is 33.6 Å². The Balaban J connectivity index is 1.47. The van der Waals surface area contributed by atoms with Crippen molar-refractivity contribution < 1.29 is 19.0 Å². The van der Waals surface area contributed by atoms with Gasteiger partial charge in [-0.05, 0) is 39.7 Å². The predicted octanol–water partition coefficient (Wildman–Crippen LogP) is 2.84. The predicted molar refractivity (Wildman–Crippen MR) is 109 cm³/mol. The summed E-state index contributed by atoms with van der Waals surface area (Å²) in [5.41, 5.74) is 0.417. The normalized spacial score (nSPS) is 29.5. The minimum atomic E-state index is -1.29. The lowest BCUT2D eigenvalue weighted by atomic mass is 10.1. The topological polar surface area (TPSA) is 69.1 Å². The van der Waals surface area contributed by atoms with Crippen LogP contribution in [0.5, 0.6) is 0 Å². The highest BCUT2D eigenvalue weighted by Crippen LogP contribution is 2.37. The standard InChI is InChI=1S/C20H28ClFN4O3/c1-20(2,3)29-19(28)26-10-13-6-14(26)9-25(13)12-7-17(21)23-18(8-12)24-5-4-16(27)15(22)11-24/h7-8,13-16,27H,4-6,9-11H2,1-3H3/t13?,14?,15-,16-/m0/s1. The summed E-state index contributed by atoms with van der Waals surface area (Å²) in [6.45, 7) is 7.56. The van der Waals surface area contributed by atoms with Crippen molar-refractivity contribution in [1.29, 1.82) is 0 Å². The van der Waals surface area contributed by atoms with Crippen molar-refractivity contribution in [2.24, 2.45) is 0 Å². The zero-order valence-electron chi connectivity index (χ0n) is 17.0. The molecule has 3 aliphatic heterocycles. The molecular formula is C20H28ClFN4O3. The molecule has 1 aromatic rings. The van der Waals surface area contributed by atoms with Crippen molar-refractivity contribution in [3.05, 3.63) is 17.3 Å². The summed E-state index contributed by atoms with van der Waals surface area (Å²) in [5.74, 6) is 0.619. The molecule has 4 heterocycles. The Labute approximate surface area is 175 Å². The first kappa shape index (κ1) is 20.5. The summed E-state index contributed by atoms with van der Waals surface area (Å²) in [4.78, 5) is 22.7. The Morgan fingerprint density at radius 3 is 2.66 bits per heavy atom. The maximum Gasteiger partial charge on any atom is 0.410 e. The molecule has 9 heteroatoms. The number of aliphatic hydroxyl groups is 1. The number of piperazine rings is 1. The van der Waals surface area contributed by atoms with Crippen LogP contribution in [0, 0.1) is 0 Å². The summed E-state index contributed by atoms with van der Waals surface area (Å²) in [7, 11) is 0. The third kappa shape index (κ3) is 4.23. The van der Waals surface area contributed by atoms with Gasteiger partial charge in [0.1, 0.15) is 22.7 Å². The lowest BCUT2D eigenvalue weighted by Crippen LogP contribution is -2.50. The second-order valence-corrected chi connectivity index (χ2v) is 9.54. The fourth-order valence-electron chi connectivity index (χ4n) is 4.43. The van der Waals surface area contributed by atoms with Gasteiger partial charge in [-0.25, -0.2) is 14.2 Å². The van der Waals surface area contributed by atoms with E-state index in [0.717, 1.165) is 12.1 Å². The van der Waals surface area contributed by atoms with Crippen LogP contribution in [0.4, 0.5) is 20.7 Å². The molecule has 1 N–H and O–H groups in total. The van der Waals surface area contributed by atoms with Gasteiger partial charge in [0.2, 0.25) is 0 Å². The quantitative estimate of drug-likeness (QED) is 0.733. The lowest BCUT2D eigenvalue weighted by molar-refractivity contribution is 0.0214. The first-order chi connectivity index (χ1) is 13.6. The Bertz CT molecular complexity index is 789. The molecule has 0 saturated carbocycles. The SMILES string of the molecule is CC(C)(C)OC(=O)N1CC2CC1CN2c1cc(Cl)nc(N2CC[C@H](O)[C@@H](F)C2)c1. The summed E-state index contributed by atoms with van der Waals surface area (Å²) in [5, 5.41) is 9.99. The van der Waals surface area contributed by atoms with Gasteiger partial charge in [-0.1, -0.05) is 11.6 Å². The van der Waals surface area contributed by atoms with Crippen LogP contribution < -0.4 is 9.80 Å². The number of alkyl halides is 1. The van der Waals surface area contributed by atoms with Crippen molar-refractivity contribution in [1.82, 2.24) is 9.88 Å². The van der Waals surface area contributed by atoms with Gasteiger partial charge >= 0.3 is 6.09 Å². The average molecular weight is 427 g/mol. The number of aliphatic hydroxyl groups excluding tert-OH is 1. The van der Waals surface area contributed by atoms with Crippen molar-refractivity contribution in [2.45, 2.75) is 63.6 Å². The highest BCUT2D eigenvalue weighted by atomic mass is 35.5. The van der Waals surface area contributed by atoms with Crippen LogP contribution in [0.25, 0.3) is 0 Å². The fraction of sp³-hybridized carbons (Fsp3) is 0.700. The molecule has 7 nitrogen and oxygen atoms in total. The van der Waals surface area contributed by atoms with Gasteiger partial charge < -0.3 is 24.5 Å². The van der Waals surface area contributed by atoms with Crippen molar-refractivity contribution >= 4 is 29.2 Å². The molecule has 4 rings (SSSR count). The number of anilines is 2. The van der Waals surface area contributed by atoms with E-state index < -0.39 is 17.9 Å². The molecule has 0 aliphatic carbocycles. The molecule has 2 bridgehead atoms. The van der Waals surface area contributed by atoms with Gasteiger partial charge in [-0.2, -0.15) is 0 Å². The number of piperidine rings is 1. The third-order valence-electron chi connectivity index (χ3n) is 5.80. The van der Waals surface area contributed by atoms with E-state index in [9.17, 15) is 14.3 Å². The van der Waals surface area contributed by atoms with E-state index in [1.807, 2.05) is 42.7 Å². The van der Waals surface area contributed by atoms with Gasteiger partial charge in [0, 0.05) is 37.4 Å². The molecule has 29 heavy (non-hydrogen) atoms. The number of ether oxygens (including phenoxy) is 1. The average Bonchev–Trinajstić information content (AvgIpc) is 3.23. The Morgan fingerprint density at radius 2 is 2.03 bits per heavy atom. The molecule has 3 fully saturated rings. The van der Waals surface area contributed by atoms with Crippen molar-refractivity contribution in [3.8, 4) is 0 Å². The third-order valence-corrected chi connectivity index (χ3v) is 5.99. The number of aromatic nitrogens is 1. The summed E-state index contributed by atoms with van der Waals surface area (Å²) in [6, 6.07) is 4.03. The summed E-state index contributed by atoms with van der Waals surface area (Å²) in [6.07, 6.45) is -1.23. The number of hydrogen-bond acceptors (Lipinski definition) is 6. The Morgan fingerprint density at radius 1 is 1.28 bits per heavy atom. The fourth-order valence-corrected chi connectivity index (χ4v) is 4.62. The molecule has 2 unspecified atom stereocenters. The maximum atomic E-state index is 14.0. The number of hydrogen-bond donors (Lipinski definition) is 1. The molecule has 0 aromatic carbocycles. The summed E-state index contributed by atoms with van der Waals surface area (Å²) < 4.78 is 19.5. The highest BCUT2D eigenvalue weighted by Gasteiger charge is 2.46. The zero-order valence-corrected chi connectivity index (χ0v) is 17.8. The zero-order chi connectivity index (χ0) is 20.9. The monoisotopic (exact) mass is 426 g/mol. The van der Waals surface area contributed by atoms with E-state index in [1.54, 1.807) is 0 Å². The number of carbonyl (C=O) groups excluding carboxylic acids is 1. The van der Waals surface area contributed by atoms with Gasteiger partial charge in [-0.15, -0.1) is 0 Å². The van der Waals surface area contributed by atoms with Crippen LogP contribution in [0.15, 0.2) is 12.1 Å². The number of nitrogens with zero attached hydrogens (tertiary/aromatic N) is 4. The number of likely N-dealkylation sites (tertiary alicyclic amines) is 1. The van der Waals surface area contributed by atoms with E-state index in [1.165, 1.54) is 0 Å². The second-order valence-electron chi connectivity index (χ2n) is 9.15. The highest BCUT2D eigenvalue weighted by molar-refractivity contribution is 6.29. The van der Waals surface area contributed by atoms with Crippen LogP contribution >= 0.6 is 11.6 Å².